The van der Waals surface area contributed by atoms with Crippen molar-refractivity contribution in [3.8, 4) is 5.75 Å². The molecule has 1 fully saturated rings. The predicted molar refractivity (Wildman–Crippen MR) is 71.1 cm³/mol. The fourth-order valence-corrected chi connectivity index (χ4v) is 2.82. The van der Waals surface area contributed by atoms with Gasteiger partial charge in [-0.2, -0.15) is 0 Å². The van der Waals surface area contributed by atoms with E-state index in [1.807, 2.05) is 0 Å². The zero-order valence-corrected chi connectivity index (χ0v) is 11.9. The molecule has 1 aromatic rings. The normalized spacial score (nSPS) is 18.1. The minimum Gasteiger partial charge on any atom is -0.496 e. The molecule has 3 heteroatoms. The van der Waals surface area contributed by atoms with E-state index in [-0.39, 0.29) is 0 Å². The van der Waals surface area contributed by atoms with Gasteiger partial charge in [-0.1, -0.05) is 6.92 Å². The molecule has 1 aliphatic heterocycles. The number of rotatable bonds is 3. The van der Waals surface area contributed by atoms with Crippen LogP contribution < -0.4 is 4.74 Å². The molecule has 0 aliphatic carbocycles. The van der Waals surface area contributed by atoms with Crippen LogP contribution in [0.25, 0.3) is 0 Å². The van der Waals surface area contributed by atoms with Crippen LogP contribution in [0, 0.1) is 20.8 Å². The quantitative estimate of drug-likeness (QED) is 0.824. The first-order valence-electron chi connectivity index (χ1n) is 6.49. The summed E-state index contributed by atoms with van der Waals surface area (Å²) in [5.74, 6) is 0.364. The summed E-state index contributed by atoms with van der Waals surface area (Å²) < 4.78 is 17.2. The molecular formula is C15H22O3. The Morgan fingerprint density at radius 1 is 1.17 bits per heavy atom. The minimum atomic E-state index is -0.564. The van der Waals surface area contributed by atoms with E-state index < -0.39 is 5.79 Å². The molecule has 1 saturated heterocycles. The second-order valence-corrected chi connectivity index (χ2v) is 4.82. The molecule has 0 bridgehead atoms. The van der Waals surface area contributed by atoms with Gasteiger partial charge in [0.15, 0.2) is 5.79 Å². The molecule has 0 aromatic heterocycles. The summed E-state index contributed by atoms with van der Waals surface area (Å²) in [6.45, 7) is 9.71. The monoisotopic (exact) mass is 250 g/mol. The van der Waals surface area contributed by atoms with Crippen molar-refractivity contribution in [3.05, 3.63) is 28.3 Å². The first-order chi connectivity index (χ1) is 8.55. The maximum Gasteiger partial charge on any atom is 0.195 e. The zero-order chi connectivity index (χ0) is 13.3. The lowest BCUT2D eigenvalue weighted by molar-refractivity contribution is -0.168. The summed E-state index contributed by atoms with van der Waals surface area (Å²) in [7, 11) is 1.71. The van der Waals surface area contributed by atoms with E-state index in [1.54, 1.807) is 7.11 Å². The molecule has 2 rings (SSSR count). The smallest absolute Gasteiger partial charge is 0.195 e. The Hall–Kier alpha value is -1.06. The van der Waals surface area contributed by atoms with Crippen molar-refractivity contribution in [1.29, 1.82) is 0 Å². The standard InChI is InChI=1S/C15H22O3/c1-6-15(17-7-8-18-15)14-10(2)9-13(16-5)11(3)12(14)4/h9H,6-8H2,1-5H3. The van der Waals surface area contributed by atoms with Gasteiger partial charge in [-0.05, 0) is 43.5 Å². The third kappa shape index (κ3) is 1.91. The van der Waals surface area contributed by atoms with Crippen molar-refractivity contribution in [2.24, 2.45) is 0 Å². The summed E-state index contributed by atoms with van der Waals surface area (Å²) in [5, 5.41) is 0. The Bertz CT molecular complexity index is 446. The van der Waals surface area contributed by atoms with Gasteiger partial charge in [-0.25, -0.2) is 0 Å². The summed E-state index contributed by atoms with van der Waals surface area (Å²) >= 11 is 0. The van der Waals surface area contributed by atoms with Gasteiger partial charge in [0.2, 0.25) is 0 Å². The van der Waals surface area contributed by atoms with Crippen LogP contribution in [0.1, 0.15) is 35.6 Å². The number of ether oxygens (including phenoxy) is 3. The maximum absolute atomic E-state index is 5.90. The van der Waals surface area contributed by atoms with Crippen LogP contribution in [0.15, 0.2) is 6.07 Å². The Kier molecular flexibility index (Phi) is 3.64. The van der Waals surface area contributed by atoms with E-state index in [4.69, 9.17) is 14.2 Å². The zero-order valence-electron chi connectivity index (χ0n) is 11.9. The van der Waals surface area contributed by atoms with Crippen LogP contribution in [0.4, 0.5) is 0 Å². The number of hydrogen-bond acceptors (Lipinski definition) is 3. The van der Waals surface area contributed by atoms with Crippen LogP contribution in [0.3, 0.4) is 0 Å². The molecule has 0 atom stereocenters. The summed E-state index contributed by atoms with van der Waals surface area (Å²) in [5.41, 5.74) is 4.69. The third-order valence-electron chi connectivity index (χ3n) is 3.87. The number of hydrogen-bond donors (Lipinski definition) is 0. The Labute approximate surface area is 109 Å². The molecule has 1 aromatic carbocycles. The van der Waals surface area contributed by atoms with Gasteiger partial charge in [-0.15, -0.1) is 0 Å². The second kappa shape index (κ2) is 4.90. The summed E-state index contributed by atoms with van der Waals surface area (Å²) in [6.07, 6.45) is 0.820. The first kappa shape index (κ1) is 13.4. The van der Waals surface area contributed by atoms with E-state index in [2.05, 4.69) is 33.8 Å². The highest BCUT2D eigenvalue weighted by atomic mass is 16.7. The highest BCUT2D eigenvalue weighted by Gasteiger charge is 2.39. The Balaban J connectivity index is 2.60. The fourth-order valence-electron chi connectivity index (χ4n) is 2.82. The van der Waals surface area contributed by atoms with Crippen molar-refractivity contribution < 1.29 is 14.2 Å². The average Bonchev–Trinajstić information content (AvgIpc) is 2.83. The van der Waals surface area contributed by atoms with Gasteiger partial charge >= 0.3 is 0 Å². The minimum absolute atomic E-state index is 0.564. The average molecular weight is 250 g/mol. The largest absolute Gasteiger partial charge is 0.496 e. The van der Waals surface area contributed by atoms with Crippen molar-refractivity contribution in [2.75, 3.05) is 20.3 Å². The highest BCUT2D eigenvalue weighted by Crippen LogP contribution is 2.41. The maximum atomic E-state index is 5.90. The molecule has 0 radical (unpaired) electrons. The molecule has 1 aliphatic rings. The fraction of sp³-hybridized carbons (Fsp3) is 0.600. The van der Waals surface area contributed by atoms with Crippen LogP contribution in [-0.4, -0.2) is 20.3 Å². The van der Waals surface area contributed by atoms with Gasteiger partial charge in [0.1, 0.15) is 5.75 Å². The van der Waals surface area contributed by atoms with E-state index in [9.17, 15) is 0 Å². The van der Waals surface area contributed by atoms with Gasteiger partial charge < -0.3 is 14.2 Å². The van der Waals surface area contributed by atoms with Crippen molar-refractivity contribution in [2.45, 2.75) is 39.9 Å². The van der Waals surface area contributed by atoms with Crippen LogP contribution in [0.5, 0.6) is 5.75 Å². The molecule has 18 heavy (non-hydrogen) atoms. The van der Waals surface area contributed by atoms with Gasteiger partial charge in [0.05, 0.1) is 20.3 Å². The SMILES string of the molecule is CCC1(c2c(C)cc(OC)c(C)c2C)OCCO1. The molecule has 100 valence electrons. The number of benzene rings is 1. The van der Waals surface area contributed by atoms with Crippen LogP contribution >= 0.6 is 0 Å². The number of aryl methyl sites for hydroxylation is 1. The van der Waals surface area contributed by atoms with E-state index in [1.165, 1.54) is 16.7 Å². The lowest BCUT2D eigenvalue weighted by Crippen LogP contribution is -2.28. The predicted octanol–water partition coefficient (Wildman–Crippen LogP) is 3.23. The summed E-state index contributed by atoms with van der Waals surface area (Å²) in [4.78, 5) is 0. The van der Waals surface area contributed by atoms with Gasteiger partial charge in [-0.3, -0.25) is 0 Å². The van der Waals surface area contributed by atoms with Crippen molar-refractivity contribution >= 4 is 0 Å². The molecule has 0 spiro atoms. The van der Waals surface area contributed by atoms with Gasteiger partial charge in [0.25, 0.3) is 0 Å². The molecule has 0 amide bonds. The van der Waals surface area contributed by atoms with E-state index in [0.29, 0.717) is 13.2 Å². The molecule has 0 N–H and O–H groups in total. The van der Waals surface area contributed by atoms with Crippen LogP contribution in [-0.2, 0) is 15.3 Å². The lowest BCUT2D eigenvalue weighted by atomic mass is 9.90. The lowest BCUT2D eigenvalue weighted by Gasteiger charge is -2.31. The van der Waals surface area contributed by atoms with Crippen molar-refractivity contribution in [1.82, 2.24) is 0 Å². The Morgan fingerprint density at radius 2 is 1.78 bits per heavy atom. The van der Waals surface area contributed by atoms with Crippen molar-refractivity contribution in [3.63, 3.8) is 0 Å². The first-order valence-corrected chi connectivity index (χ1v) is 6.49. The van der Waals surface area contributed by atoms with Crippen LogP contribution in [0.2, 0.25) is 0 Å². The second-order valence-electron chi connectivity index (χ2n) is 4.82. The molecule has 0 unspecified atom stereocenters. The third-order valence-corrected chi connectivity index (χ3v) is 3.87. The van der Waals surface area contributed by atoms with Gasteiger partial charge in [0, 0.05) is 12.0 Å². The molecular weight excluding hydrogens is 228 g/mol. The Morgan fingerprint density at radius 3 is 2.28 bits per heavy atom. The molecule has 3 nitrogen and oxygen atoms in total. The highest BCUT2D eigenvalue weighted by molar-refractivity contribution is 5.50. The number of methoxy groups -OCH3 is 1. The van der Waals surface area contributed by atoms with E-state index >= 15 is 0 Å². The molecule has 0 saturated carbocycles. The van der Waals surface area contributed by atoms with E-state index in [0.717, 1.165) is 17.7 Å². The molecule has 1 heterocycles. The summed E-state index contributed by atoms with van der Waals surface area (Å²) in [6, 6.07) is 2.07. The topological polar surface area (TPSA) is 27.7 Å².